The minimum Gasteiger partial charge on any atom is -0.381 e. The Bertz CT molecular complexity index is 404. The van der Waals surface area contributed by atoms with Gasteiger partial charge in [-0.15, -0.1) is 0 Å². The molecule has 1 aliphatic carbocycles. The van der Waals surface area contributed by atoms with Crippen molar-refractivity contribution in [2.24, 2.45) is 0 Å². The van der Waals surface area contributed by atoms with Crippen LogP contribution in [0, 0.1) is 6.92 Å². The topological polar surface area (TPSA) is 39.1 Å². The Balaban J connectivity index is 1.72. The molecule has 1 aromatic heterocycles. The number of aryl methyl sites for hydroxylation is 1. The highest BCUT2D eigenvalue weighted by Crippen LogP contribution is 2.31. The Hall–Kier alpha value is -1.03. The van der Waals surface area contributed by atoms with Crippen LogP contribution in [0.2, 0.25) is 0 Å². The second-order valence-electron chi connectivity index (χ2n) is 5.94. The standard InChI is InChI=1S/C15H25N3O/c1-12-11-18(14-5-3-2-4-6-14)15(16-12)17-13-7-9-19-10-8-13/h11,13-14H,2-10H2,1H3,(H,16,17). The monoisotopic (exact) mass is 263 g/mol. The van der Waals surface area contributed by atoms with E-state index in [1.165, 1.54) is 32.1 Å². The van der Waals surface area contributed by atoms with Crippen LogP contribution < -0.4 is 5.32 Å². The molecular weight excluding hydrogens is 238 g/mol. The van der Waals surface area contributed by atoms with Crippen molar-refractivity contribution in [3.05, 3.63) is 11.9 Å². The molecule has 0 unspecified atom stereocenters. The molecule has 1 aliphatic heterocycles. The fourth-order valence-electron chi connectivity index (χ4n) is 3.28. The number of ether oxygens (including phenoxy) is 1. The quantitative estimate of drug-likeness (QED) is 0.909. The minimum absolute atomic E-state index is 0.526. The summed E-state index contributed by atoms with van der Waals surface area (Å²) in [5.41, 5.74) is 1.13. The van der Waals surface area contributed by atoms with Gasteiger partial charge in [-0.2, -0.15) is 0 Å². The summed E-state index contributed by atoms with van der Waals surface area (Å²) < 4.78 is 7.81. The zero-order valence-electron chi connectivity index (χ0n) is 11.9. The Morgan fingerprint density at radius 3 is 2.63 bits per heavy atom. The van der Waals surface area contributed by atoms with Crippen molar-refractivity contribution in [3.8, 4) is 0 Å². The van der Waals surface area contributed by atoms with Crippen LogP contribution in [0.3, 0.4) is 0 Å². The predicted octanol–water partition coefficient (Wildman–Crippen LogP) is 3.29. The normalized spacial score (nSPS) is 22.6. The Morgan fingerprint density at radius 2 is 1.89 bits per heavy atom. The molecule has 0 radical (unpaired) electrons. The van der Waals surface area contributed by atoms with E-state index in [2.05, 4.69) is 23.0 Å². The van der Waals surface area contributed by atoms with E-state index in [4.69, 9.17) is 9.72 Å². The van der Waals surface area contributed by atoms with E-state index in [9.17, 15) is 0 Å². The molecule has 1 N–H and O–H groups in total. The molecule has 0 aromatic carbocycles. The zero-order chi connectivity index (χ0) is 13.1. The summed E-state index contributed by atoms with van der Waals surface area (Å²) in [5, 5.41) is 3.64. The summed E-state index contributed by atoms with van der Waals surface area (Å²) in [5.74, 6) is 1.08. The van der Waals surface area contributed by atoms with E-state index in [-0.39, 0.29) is 0 Å². The van der Waals surface area contributed by atoms with Gasteiger partial charge in [0.25, 0.3) is 0 Å². The maximum absolute atomic E-state index is 5.42. The molecule has 19 heavy (non-hydrogen) atoms. The van der Waals surface area contributed by atoms with E-state index in [1.807, 2.05) is 0 Å². The molecule has 106 valence electrons. The smallest absolute Gasteiger partial charge is 0.203 e. The van der Waals surface area contributed by atoms with Gasteiger partial charge in [0.1, 0.15) is 0 Å². The minimum atomic E-state index is 0.526. The molecule has 2 heterocycles. The van der Waals surface area contributed by atoms with E-state index in [1.54, 1.807) is 0 Å². The Morgan fingerprint density at radius 1 is 1.16 bits per heavy atom. The van der Waals surface area contributed by atoms with Gasteiger partial charge in [0.15, 0.2) is 0 Å². The van der Waals surface area contributed by atoms with Crippen molar-refractivity contribution in [2.45, 2.75) is 64.0 Å². The number of aromatic nitrogens is 2. The molecule has 3 rings (SSSR count). The van der Waals surface area contributed by atoms with E-state index in [0.717, 1.165) is 37.7 Å². The molecular formula is C15H25N3O. The maximum Gasteiger partial charge on any atom is 0.203 e. The lowest BCUT2D eigenvalue weighted by Crippen LogP contribution is -2.29. The SMILES string of the molecule is Cc1cn(C2CCCCC2)c(NC2CCOCC2)n1. The third-order valence-corrected chi connectivity index (χ3v) is 4.38. The van der Waals surface area contributed by atoms with E-state index < -0.39 is 0 Å². The van der Waals surface area contributed by atoms with Crippen molar-refractivity contribution in [2.75, 3.05) is 18.5 Å². The van der Waals surface area contributed by atoms with Gasteiger partial charge in [-0.1, -0.05) is 19.3 Å². The first-order valence-electron chi connectivity index (χ1n) is 7.72. The van der Waals surface area contributed by atoms with Crippen molar-refractivity contribution in [3.63, 3.8) is 0 Å². The number of nitrogens with zero attached hydrogens (tertiary/aromatic N) is 2. The molecule has 2 fully saturated rings. The molecule has 1 saturated heterocycles. The van der Waals surface area contributed by atoms with Crippen LogP contribution in [-0.4, -0.2) is 28.8 Å². The summed E-state index contributed by atoms with van der Waals surface area (Å²) in [6.45, 7) is 3.84. The fraction of sp³-hybridized carbons (Fsp3) is 0.800. The molecule has 4 heteroatoms. The third-order valence-electron chi connectivity index (χ3n) is 4.38. The molecule has 0 bridgehead atoms. The first kappa shape index (κ1) is 13.0. The highest BCUT2D eigenvalue weighted by atomic mass is 16.5. The molecule has 1 saturated carbocycles. The first-order chi connectivity index (χ1) is 9.33. The van der Waals surface area contributed by atoms with Gasteiger partial charge in [0.2, 0.25) is 5.95 Å². The zero-order valence-corrected chi connectivity index (χ0v) is 11.9. The van der Waals surface area contributed by atoms with Crippen LogP contribution in [0.5, 0.6) is 0 Å². The van der Waals surface area contributed by atoms with Crippen LogP contribution in [0.15, 0.2) is 6.20 Å². The first-order valence-corrected chi connectivity index (χ1v) is 7.72. The number of hydrogen-bond acceptors (Lipinski definition) is 3. The summed E-state index contributed by atoms with van der Waals surface area (Å²) >= 11 is 0. The number of anilines is 1. The number of hydrogen-bond donors (Lipinski definition) is 1. The van der Waals surface area contributed by atoms with Crippen molar-refractivity contribution in [1.82, 2.24) is 9.55 Å². The molecule has 0 amide bonds. The highest BCUT2D eigenvalue weighted by molar-refractivity contribution is 5.31. The summed E-state index contributed by atoms with van der Waals surface area (Å²) in [7, 11) is 0. The molecule has 1 aromatic rings. The van der Waals surface area contributed by atoms with Crippen LogP contribution in [0.1, 0.15) is 56.7 Å². The Labute approximate surface area is 115 Å². The average Bonchev–Trinajstić information content (AvgIpc) is 2.82. The van der Waals surface area contributed by atoms with Gasteiger partial charge in [0, 0.05) is 31.5 Å². The van der Waals surface area contributed by atoms with Crippen LogP contribution in [0.4, 0.5) is 5.95 Å². The van der Waals surface area contributed by atoms with Gasteiger partial charge >= 0.3 is 0 Å². The number of nitrogens with one attached hydrogen (secondary N) is 1. The van der Waals surface area contributed by atoms with Crippen LogP contribution in [0.25, 0.3) is 0 Å². The average molecular weight is 263 g/mol. The van der Waals surface area contributed by atoms with Crippen molar-refractivity contribution < 1.29 is 4.74 Å². The van der Waals surface area contributed by atoms with E-state index >= 15 is 0 Å². The number of rotatable bonds is 3. The van der Waals surface area contributed by atoms with Crippen LogP contribution in [-0.2, 0) is 4.74 Å². The summed E-state index contributed by atoms with van der Waals surface area (Å²) in [4.78, 5) is 4.69. The summed E-state index contributed by atoms with van der Waals surface area (Å²) in [6.07, 6.45) is 11.1. The highest BCUT2D eigenvalue weighted by Gasteiger charge is 2.21. The lowest BCUT2D eigenvalue weighted by molar-refractivity contribution is 0.0902. The predicted molar refractivity (Wildman–Crippen MR) is 76.5 cm³/mol. The largest absolute Gasteiger partial charge is 0.381 e. The van der Waals surface area contributed by atoms with Gasteiger partial charge in [-0.25, -0.2) is 4.98 Å². The van der Waals surface area contributed by atoms with E-state index in [0.29, 0.717) is 12.1 Å². The van der Waals surface area contributed by atoms with Crippen molar-refractivity contribution >= 4 is 5.95 Å². The van der Waals surface area contributed by atoms with Crippen LogP contribution >= 0.6 is 0 Å². The van der Waals surface area contributed by atoms with Gasteiger partial charge in [-0.3, -0.25) is 0 Å². The van der Waals surface area contributed by atoms with Gasteiger partial charge < -0.3 is 14.6 Å². The third kappa shape index (κ3) is 3.11. The maximum atomic E-state index is 5.42. The van der Waals surface area contributed by atoms with Crippen molar-refractivity contribution in [1.29, 1.82) is 0 Å². The fourth-order valence-corrected chi connectivity index (χ4v) is 3.28. The Kier molecular flexibility index (Phi) is 4.06. The summed E-state index contributed by atoms with van der Waals surface area (Å²) in [6, 6.07) is 1.18. The number of imidazole rings is 1. The van der Waals surface area contributed by atoms with Gasteiger partial charge in [0.05, 0.1) is 5.69 Å². The second-order valence-corrected chi connectivity index (χ2v) is 5.94. The lowest BCUT2D eigenvalue weighted by Gasteiger charge is -2.28. The van der Waals surface area contributed by atoms with Gasteiger partial charge in [-0.05, 0) is 32.6 Å². The second kappa shape index (κ2) is 5.95. The molecule has 0 atom stereocenters. The molecule has 2 aliphatic rings. The molecule has 0 spiro atoms. The lowest BCUT2D eigenvalue weighted by atomic mass is 9.95. The molecule has 4 nitrogen and oxygen atoms in total.